The maximum absolute atomic E-state index is 13.0. The number of halogens is 5. The average Bonchev–Trinajstić information content (AvgIpc) is 3.21. The van der Waals surface area contributed by atoms with Crippen LogP contribution in [-0.2, 0) is 21.0 Å². The highest BCUT2D eigenvalue weighted by atomic mass is 32.2. The number of rotatable bonds is 17. The Kier molecular flexibility index (Phi) is 12.5. The lowest BCUT2D eigenvalue weighted by Crippen LogP contribution is -2.47. The molecule has 0 heterocycles. The van der Waals surface area contributed by atoms with Crippen LogP contribution in [0.5, 0.6) is 5.75 Å². The first-order chi connectivity index (χ1) is 21.6. The van der Waals surface area contributed by atoms with Gasteiger partial charge in [0, 0.05) is 13.5 Å². The van der Waals surface area contributed by atoms with E-state index < -0.39 is 52.7 Å². The van der Waals surface area contributed by atoms with Gasteiger partial charge in [0.15, 0.2) is 6.79 Å². The molecule has 3 aliphatic rings. The lowest BCUT2D eigenvalue weighted by molar-refractivity contribution is -0.284. The summed E-state index contributed by atoms with van der Waals surface area (Å²) in [4.78, 5) is 0. The molecule has 0 aromatic heterocycles. The number of alkyl halides is 5. The van der Waals surface area contributed by atoms with E-state index in [1.807, 2.05) is 6.07 Å². The minimum Gasteiger partial charge on any atom is -0.468 e. The zero-order valence-corrected chi connectivity index (χ0v) is 27.9. The predicted octanol–water partition coefficient (Wildman–Crippen LogP) is 7.60. The van der Waals surface area contributed by atoms with Crippen LogP contribution in [0.4, 0.5) is 22.0 Å². The Labute approximate surface area is 270 Å². The van der Waals surface area contributed by atoms with Crippen molar-refractivity contribution in [3.05, 3.63) is 29.3 Å². The number of sulfone groups is 1. The van der Waals surface area contributed by atoms with Crippen molar-refractivity contribution < 1.29 is 50.1 Å². The molecular formula is C34H51F5O6S. The highest BCUT2D eigenvalue weighted by Crippen LogP contribution is 2.62. The van der Waals surface area contributed by atoms with E-state index in [9.17, 15) is 40.6 Å². The van der Waals surface area contributed by atoms with Gasteiger partial charge in [0.25, 0.3) is 0 Å². The van der Waals surface area contributed by atoms with Crippen molar-refractivity contribution in [3.8, 4) is 5.75 Å². The number of hydrogen-bond donors (Lipinski definition) is 2. The minimum atomic E-state index is -5.66. The van der Waals surface area contributed by atoms with Gasteiger partial charge in [-0.05, 0) is 97.3 Å². The molecule has 0 aliphatic heterocycles. The third-order valence-corrected chi connectivity index (χ3v) is 12.9. The highest BCUT2D eigenvalue weighted by Gasteiger charge is 2.59. The van der Waals surface area contributed by atoms with Gasteiger partial charge in [0.05, 0.1) is 23.7 Å². The van der Waals surface area contributed by atoms with Crippen molar-refractivity contribution >= 4 is 9.84 Å². The Morgan fingerprint density at radius 3 is 2.28 bits per heavy atom. The van der Waals surface area contributed by atoms with E-state index in [4.69, 9.17) is 9.47 Å². The fourth-order valence-electron chi connectivity index (χ4n) is 8.63. The molecule has 0 bridgehead atoms. The Morgan fingerprint density at radius 1 is 0.957 bits per heavy atom. The van der Waals surface area contributed by atoms with E-state index in [0.29, 0.717) is 37.0 Å². The molecule has 46 heavy (non-hydrogen) atoms. The van der Waals surface area contributed by atoms with E-state index in [0.717, 1.165) is 63.5 Å². The molecule has 7 atom stereocenters. The summed E-state index contributed by atoms with van der Waals surface area (Å²) in [5.41, 5.74) is 2.40. The fraction of sp³-hybridized carbons (Fsp3) is 0.824. The summed E-state index contributed by atoms with van der Waals surface area (Å²) in [6, 6.07) is 6.34. The Balaban J connectivity index is 1.23. The summed E-state index contributed by atoms with van der Waals surface area (Å²) < 4.78 is 97.9. The molecule has 264 valence electrons. The van der Waals surface area contributed by atoms with E-state index in [-0.39, 0.29) is 23.9 Å². The van der Waals surface area contributed by atoms with Gasteiger partial charge < -0.3 is 19.7 Å². The molecule has 1 aromatic rings. The Morgan fingerprint density at radius 2 is 1.61 bits per heavy atom. The molecule has 0 saturated heterocycles. The molecular weight excluding hydrogens is 631 g/mol. The zero-order chi connectivity index (χ0) is 33.8. The zero-order valence-electron chi connectivity index (χ0n) is 27.0. The third kappa shape index (κ3) is 8.74. The summed E-state index contributed by atoms with van der Waals surface area (Å²) in [5.74, 6) is -3.46. The number of methoxy groups -OCH3 is 1. The summed E-state index contributed by atoms with van der Waals surface area (Å²) in [5, 5.41) is 21.6. The van der Waals surface area contributed by atoms with Crippen LogP contribution in [0.1, 0.15) is 107 Å². The van der Waals surface area contributed by atoms with Crippen molar-refractivity contribution in [3.63, 3.8) is 0 Å². The second kappa shape index (κ2) is 15.4. The van der Waals surface area contributed by atoms with Gasteiger partial charge in [0.1, 0.15) is 15.6 Å². The molecule has 0 amide bonds. The normalized spacial score (nSPS) is 29.7. The lowest BCUT2D eigenvalue weighted by Gasteiger charge is -2.53. The van der Waals surface area contributed by atoms with Crippen molar-refractivity contribution in [1.29, 1.82) is 0 Å². The molecule has 2 fully saturated rings. The molecule has 6 nitrogen and oxygen atoms in total. The van der Waals surface area contributed by atoms with Crippen LogP contribution in [0, 0.1) is 23.2 Å². The number of ether oxygens (including phenoxy) is 2. The maximum atomic E-state index is 13.0. The van der Waals surface area contributed by atoms with E-state index in [1.54, 1.807) is 7.11 Å². The summed E-state index contributed by atoms with van der Waals surface area (Å²) in [6.07, 6.45) is 1.13. The van der Waals surface area contributed by atoms with Gasteiger partial charge in [0.2, 0.25) is 0 Å². The van der Waals surface area contributed by atoms with Crippen LogP contribution in [0.25, 0.3) is 0 Å². The monoisotopic (exact) mass is 682 g/mol. The largest absolute Gasteiger partial charge is 0.468 e. The first-order valence-corrected chi connectivity index (χ1v) is 18.7. The summed E-state index contributed by atoms with van der Waals surface area (Å²) >= 11 is 0. The molecule has 0 radical (unpaired) electrons. The predicted molar refractivity (Wildman–Crippen MR) is 166 cm³/mol. The number of aliphatic hydroxyl groups excluding tert-OH is 2. The smallest absolute Gasteiger partial charge is 0.453 e. The molecule has 4 rings (SSSR count). The first-order valence-electron chi connectivity index (χ1n) is 16.9. The summed E-state index contributed by atoms with van der Waals surface area (Å²) in [7, 11) is -2.07. The van der Waals surface area contributed by atoms with Crippen LogP contribution >= 0.6 is 0 Å². The van der Waals surface area contributed by atoms with Crippen LogP contribution in [-0.4, -0.2) is 68.3 Å². The molecule has 0 unspecified atom stereocenters. The quantitative estimate of drug-likeness (QED) is 0.1000. The summed E-state index contributed by atoms with van der Waals surface area (Å²) in [6.45, 7) is 2.34. The topological polar surface area (TPSA) is 93.1 Å². The second-order valence-electron chi connectivity index (χ2n) is 14.2. The number of aliphatic hydroxyl groups is 2. The average molecular weight is 683 g/mol. The van der Waals surface area contributed by atoms with Crippen LogP contribution in [0.15, 0.2) is 18.2 Å². The molecule has 2 N–H and O–H groups in total. The number of fused-ring (bicyclic) bond motifs is 5. The SMILES string of the molecule is COCOc1ccc2c(c1)C[C@@H](CCCCCCCCCS(=O)(=O)CCCC(F)(F)C(F)(F)F)[C@@H]1[C@@H]2CC[C@]2(C)[C@@H](O)[C@@H](O)C[C@@H]12. The van der Waals surface area contributed by atoms with Gasteiger partial charge >= 0.3 is 12.1 Å². The third-order valence-electron chi connectivity index (χ3n) is 11.1. The van der Waals surface area contributed by atoms with Crippen molar-refractivity contribution in [2.75, 3.05) is 25.4 Å². The van der Waals surface area contributed by atoms with Gasteiger partial charge in [-0.2, -0.15) is 22.0 Å². The number of hydrogen-bond acceptors (Lipinski definition) is 6. The fourth-order valence-corrected chi connectivity index (χ4v) is 10.1. The van der Waals surface area contributed by atoms with Gasteiger partial charge in [-0.15, -0.1) is 0 Å². The Hall–Kier alpha value is -1.50. The van der Waals surface area contributed by atoms with Crippen molar-refractivity contribution in [2.45, 2.75) is 127 Å². The standard InChI is InChI=1S/C34H51F5O6S/c1-32-16-14-27-26-13-12-25(45-22-44-2)20-24(26)19-23(30(27)28(32)21-29(40)31(32)41)11-8-6-4-3-5-7-9-17-46(42,43)18-10-15-33(35,36)34(37,38)39/h12-13,20,23,27-31,40-41H,3-11,14-19,21-22H2,1-2H3/t23-,27-,28+,29+,30-,31+,32+/m1/s1. The first kappa shape index (κ1) is 37.3. The van der Waals surface area contributed by atoms with Gasteiger partial charge in [-0.3, -0.25) is 0 Å². The second-order valence-corrected chi connectivity index (χ2v) is 16.5. The highest BCUT2D eigenvalue weighted by molar-refractivity contribution is 7.91. The van der Waals surface area contributed by atoms with Gasteiger partial charge in [-0.25, -0.2) is 8.42 Å². The van der Waals surface area contributed by atoms with Crippen molar-refractivity contribution in [1.82, 2.24) is 0 Å². The molecule has 3 aliphatic carbocycles. The molecule has 1 aromatic carbocycles. The van der Waals surface area contributed by atoms with Crippen LogP contribution in [0.3, 0.4) is 0 Å². The van der Waals surface area contributed by atoms with Crippen molar-refractivity contribution in [2.24, 2.45) is 23.2 Å². The van der Waals surface area contributed by atoms with E-state index in [1.165, 1.54) is 11.1 Å². The molecule has 2 saturated carbocycles. The minimum absolute atomic E-state index is 0.188. The van der Waals surface area contributed by atoms with E-state index >= 15 is 0 Å². The number of benzene rings is 1. The molecule has 12 heteroatoms. The Bertz CT molecular complexity index is 1240. The maximum Gasteiger partial charge on any atom is 0.453 e. The van der Waals surface area contributed by atoms with Crippen LogP contribution in [0.2, 0.25) is 0 Å². The molecule has 0 spiro atoms. The van der Waals surface area contributed by atoms with E-state index in [2.05, 4.69) is 19.1 Å². The number of unbranched alkanes of at least 4 members (excludes halogenated alkanes) is 6. The lowest BCUT2D eigenvalue weighted by atomic mass is 9.52. The van der Waals surface area contributed by atoms with Crippen LogP contribution < -0.4 is 4.74 Å². The van der Waals surface area contributed by atoms with Gasteiger partial charge in [-0.1, -0.05) is 51.5 Å².